The predicted molar refractivity (Wildman–Crippen MR) is 119 cm³/mol. The van der Waals surface area contributed by atoms with Gasteiger partial charge in [0.1, 0.15) is 5.82 Å². The van der Waals surface area contributed by atoms with Crippen LogP contribution in [0.25, 0.3) is 22.4 Å². The second-order valence-corrected chi connectivity index (χ2v) is 8.03. The van der Waals surface area contributed by atoms with Gasteiger partial charge in [-0.2, -0.15) is 4.98 Å². The van der Waals surface area contributed by atoms with Crippen molar-refractivity contribution in [3.8, 4) is 11.4 Å². The van der Waals surface area contributed by atoms with Gasteiger partial charge >= 0.3 is 0 Å². The number of fused-ring (bicyclic) bond motifs is 1. The van der Waals surface area contributed by atoms with Gasteiger partial charge in [0.15, 0.2) is 0 Å². The minimum Gasteiger partial charge on any atom is -0.339 e. The van der Waals surface area contributed by atoms with Crippen molar-refractivity contribution in [1.29, 1.82) is 0 Å². The van der Waals surface area contributed by atoms with Gasteiger partial charge in [-0.25, -0.2) is 4.98 Å². The Morgan fingerprint density at radius 1 is 1.10 bits per heavy atom. The molecule has 4 aromatic rings. The van der Waals surface area contributed by atoms with Crippen molar-refractivity contribution >= 4 is 22.6 Å². The molecule has 0 spiro atoms. The van der Waals surface area contributed by atoms with Crippen LogP contribution in [-0.2, 0) is 17.8 Å². The molecule has 1 atom stereocenters. The predicted octanol–water partition coefficient (Wildman–Crippen LogP) is 4.50. The van der Waals surface area contributed by atoms with Crippen LogP contribution in [0.3, 0.4) is 0 Å². The molecule has 7 heteroatoms. The van der Waals surface area contributed by atoms with Gasteiger partial charge < -0.3 is 14.0 Å². The third-order valence-corrected chi connectivity index (χ3v) is 5.98. The number of amides is 1. The summed E-state index contributed by atoms with van der Waals surface area (Å²) in [5.74, 6) is 2.10. The van der Waals surface area contributed by atoms with Crippen LogP contribution in [0.2, 0.25) is 0 Å². The fourth-order valence-corrected chi connectivity index (χ4v) is 4.30. The molecule has 1 aliphatic rings. The van der Waals surface area contributed by atoms with E-state index in [1.165, 1.54) is 5.56 Å². The van der Waals surface area contributed by atoms with Gasteiger partial charge in [-0.05, 0) is 44.2 Å². The molecule has 2 aromatic heterocycles. The quantitative estimate of drug-likeness (QED) is 0.480. The van der Waals surface area contributed by atoms with E-state index in [-0.39, 0.29) is 11.8 Å². The molecule has 1 aliphatic heterocycles. The first kappa shape index (κ1) is 19.5. The lowest BCUT2D eigenvalue weighted by Crippen LogP contribution is -2.24. The Balaban J connectivity index is 1.41. The van der Waals surface area contributed by atoms with Crippen molar-refractivity contribution in [2.75, 3.05) is 11.4 Å². The average Bonchev–Trinajstić information content (AvgIpc) is 3.50. The number of aryl methyl sites for hydroxylation is 3. The zero-order valence-corrected chi connectivity index (χ0v) is 18.0. The van der Waals surface area contributed by atoms with E-state index in [9.17, 15) is 4.79 Å². The van der Waals surface area contributed by atoms with Crippen molar-refractivity contribution in [1.82, 2.24) is 19.7 Å². The lowest BCUT2D eigenvalue weighted by atomic mass is 10.1. The van der Waals surface area contributed by atoms with Gasteiger partial charge in [0.25, 0.3) is 0 Å². The van der Waals surface area contributed by atoms with E-state index in [0.717, 1.165) is 41.1 Å². The van der Waals surface area contributed by atoms with Crippen molar-refractivity contribution in [3.63, 3.8) is 0 Å². The molecule has 5 rings (SSSR count). The van der Waals surface area contributed by atoms with Crippen LogP contribution < -0.4 is 4.90 Å². The van der Waals surface area contributed by atoms with Gasteiger partial charge in [0, 0.05) is 37.2 Å². The average molecular weight is 415 g/mol. The maximum absolute atomic E-state index is 12.6. The number of aromatic nitrogens is 4. The standard InChI is InChI=1S/C24H25N5O2/c1-4-21-25-19-11-8-16(12-20(19)28(21)5-2)23-26-24(31-27-23)17-13-22(30)29(14-17)18-9-6-15(3)7-10-18/h6-12,17H,4-5,13-14H2,1-3H3/t17-/m1/s1. The van der Waals surface area contributed by atoms with E-state index in [0.29, 0.717) is 24.7 Å². The number of rotatable bonds is 5. The highest BCUT2D eigenvalue weighted by atomic mass is 16.5. The Hall–Kier alpha value is -3.48. The lowest BCUT2D eigenvalue weighted by Gasteiger charge is -2.16. The molecule has 1 amide bonds. The molecule has 1 saturated heterocycles. The van der Waals surface area contributed by atoms with Crippen LogP contribution in [0.1, 0.15) is 43.5 Å². The molecule has 0 radical (unpaired) electrons. The lowest BCUT2D eigenvalue weighted by molar-refractivity contribution is -0.117. The summed E-state index contributed by atoms with van der Waals surface area (Å²) in [7, 11) is 0. The Morgan fingerprint density at radius 3 is 2.65 bits per heavy atom. The largest absolute Gasteiger partial charge is 0.339 e. The third kappa shape index (κ3) is 3.40. The molecule has 0 bridgehead atoms. The van der Waals surface area contributed by atoms with E-state index in [4.69, 9.17) is 9.51 Å². The first-order chi connectivity index (χ1) is 15.1. The smallest absolute Gasteiger partial charge is 0.232 e. The third-order valence-electron chi connectivity index (χ3n) is 5.98. The van der Waals surface area contributed by atoms with Crippen LogP contribution in [0.4, 0.5) is 5.69 Å². The highest BCUT2D eigenvalue weighted by molar-refractivity contribution is 5.96. The van der Waals surface area contributed by atoms with E-state index in [1.807, 2.05) is 43.3 Å². The molecule has 0 N–H and O–H groups in total. The second kappa shape index (κ2) is 7.65. The Kier molecular flexibility index (Phi) is 4.81. The molecule has 158 valence electrons. The first-order valence-electron chi connectivity index (χ1n) is 10.8. The number of imidazole rings is 1. The Labute approximate surface area is 180 Å². The molecule has 0 saturated carbocycles. The zero-order chi connectivity index (χ0) is 21.5. The second-order valence-electron chi connectivity index (χ2n) is 8.03. The topological polar surface area (TPSA) is 77.1 Å². The maximum Gasteiger partial charge on any atom is 0.232 e. The monoisotopic (exact) mass is 415 g/mol. The fraction of sp³-hybridized carbons (Fsp3) is 0.333. The van der Waals surface area contributed by atoms with Crippen LogP contribution in [0.5, 0.6) is 0 Å². The molecule has 31 heavy (non-hydrogen) atoms. The SMILES string of the molecule is CCc1nc2ccc(-c3noc([C@@H]4CC(=O)N(c5ccc(C)cc5)C4)n3)cc2n1CC. The van der Waals surface area contributed by atoms with Crippen LogP contribution in [0, 0.1) is 6.92 Å². The van der Waals surface area contributed by atoms with Gasteiger partial charge in [0.2, 0.25) is 17.6 Å². The van der Waals surface area contributed by atoms with E-state index in [1.54, 1.807) is 4.90 Å². The number of carbonyl (C=O) groups is 1. The molecular weight excluding hydrogens is 390 g/mol. The molecular formula is C24H25N5O2. The molecule has 3 heterocycles. The summed E-state index contributed by atoms with van der Waals surface area (Å²) < 4.78 is 7.80. The van der Waals surface area contributed by atoms with Crippen LogP contribution in [0.15, 0.2) is 47.0 Å². The summed E-state index contributed by atoms with van der Waals surface area (Å²) in [6.45, 7) is 7.68. The van der Waals surface area contributed by atoms with E-state index in [2.05, 4.69) is 34.6 Å². The Bertz CT molecular complexity index is 1250. The van der Waals surface area contributed by atoms with E-state index < -0.39 is 0 Å². The van der Waals surface area contributed by atoms with Crippen molar-refractivity contribution < 1.29 is 9.32 Å². The van der Waals surface area contributed by atoms with Gasteiger partial charge in [0.05, 0.1) is 17.0 Å². The molecule has 0 aliphatic carbocycles. The number of hydrogen-bond acceptors (Lipinski definition) is 5. The van der Waals surface area contributed by atoms with Crippen molar-refractivity contribution in [2.24, 2.45) is 0 Å². The summed E-state index contributed by atoms with van der Waals surface area (Å²) in [5.41, 5.74) is 5.01. The normalized spacial score (nSPS) is 16.5. The molecule has 0 unspecified atom stereocenters. The highest BCUT2D eigenvalue weighted by Gasteiger charge is 2.35. The number of benzene rings is 2. The first-order valence-corrected chi connectivity index (χ1v) is 10.8. The minimum atomic E-state index is -0.105. The van der Waals surface area contributed by atoms with Crippen molar-refractivity contribution in [3.05, 3.63) is 59.7 Å². The number of anilines is 1. The van der Waals surface area contributed by atoms with Gasteiger partial charge in [-0.1, -0.05) is 29.8 Å². The summed E-state index contributed by atoms with van der Waals surface area (Å²) >= 11 is 0. The summed E-state index contributed by atoms with van der Waals surface area (Å²) in [6, 6.07) is 14.0. The van der Waals surface area contributed by atoms with Crippen molar-refractivity contribution in [2.45, 2.75) is 46.1 Å². The number of nitrogens with zero attached hydrogens (tertiary/aromatic N) is 5. The summed E-state index contributed by atoms with van der Waals surface area (Å²) in [4.78, 5) is 23.7. The summed E-state index contributed by atoms with van der Waals surface area (Å²) in [5, 5.41) is 4.21. The molecule has 2 aromatic carbocycles. The van der Waals surface area contributed by atoms with Crippen LogP contribution in [-0.4, -0.2) is 32.1 Å². The minimum absolute atomic E-state index is 0.0777. The fourth-order valence-electron chi connectivity index (χ4n) is 4.30. The van der Waals surface area contributed by atoms with Crippen LogP contribution >= 0.6 is 0 Å². The van der Waals surface area contributed by atoms with Gasteiger partial charge in [-0.15, -0.1) is 0 Å². The maximum atomic E-state index is 12.6. The zero-order valence-electron chi connectivity index (χ0n) is 18.0. The number of carbonyl (C=O) groups excluding carboxylic acids is 1. The molecule has 7 nitrogen and oxygen atoms in total. The highest BCUT2D eigenvalue weighted by Crippen LogP contribution is 2.32. The summed E-state index contributed by atoms with van der Waals surface area (Å²) in [6.07, 6.45) is 1.26. The Morgan fingerprint density at radius 2 is 1.90 bits per heavy atom. The molecule has 1 fully saturated rings. The number of hydrogen-bond donors (Lipinski definition) is 0. The van der Waals surface area contributed by atoms with E-state index >= 15 is 0 Å². The van der Waals surface area contributed by atoms with Gasteiger partial charge in [-0.3, -0.25) is 4.79 Å².